The fourth-order valence-corrected chi connectivity index (χ4v) is 1.97. The van der Waals surface area contributed by atoms with Crippen LogP contribution in [-0.2, 0) is 9.53 Å². The highest BCUT2D eigenvalue weighted by atomic mass is 33.1. The largest absolute Gasteiger partial charge is 0.465 e. The molecule has 0 aromatic heterocycles. The molecule has 66 valence electrons. The summed E-state index contributed by atoms with van der Waals surface area (Å²) in [5.41, 5.74) is 0. The van der Waals surface area contributed by atoms with E-state index in [1.165, 1.54) is 6.92 Å². The summed E-state index contributed by atoms with van der Waals surface area (Å²) < 4.78 is 4.69. The van der Waals surface area contributed by atoms with Gasteiger partial charge in [-0.3, -0.25) is 4.79 Å². The lowest BCUT2D eigenvalue weighted by Crippen LogP contribution is -2.01. The lowest BCUT2D eigenvalue weighted by Gasteiger charge is -1.99. The quantitative estimate of drug-likeness (QED) is 0.389. The van der Waals surface area contributed by atoms with Crippen LogP contribution in [-0.4, -0.2) is 35.8 Å². The summed E-state index contributed by atoms with van der Waals surface area (Å²) in [6.45, 7) is 2.05. The van der Waals surface area contributed by atoms with Crippen LogP contribution in [0.2, 0.25) is 0 Å². The normalized spacial score (nSPS) is 9.64. The van der Waals surface area contributed by atoms with Crippen molar-refractivity contribution in [2.24, 2.45) is 0 Å². The Labute approximate surface area is 74.3 Å². The van der Waals surface area contributed by atoms with Gasteiger partial charge in [-0.2, -0.15) is 0 Å². The molecule has 0 unspecified atom stereocenters. The molecule has 0 aliphatic heterocycles. The minimum absolute atomic E-state index is 0.200. The Morgan fingerprint density at radius 1 is 1.45 bits per heavy atom. The van der Waals surface area contributed by atoms with Crippen molar-refractivity contribution in [1.82, 2.24) is 0 Å². The molecule has 0 bridgehead atoms. The first-order valence-corrected chi connectivity index (χ1v) is 5.75. The van der Waals surface area contributed by atoms with E-state index in [9.17, 15) is 4.79 Å². The summed E-state index contributed by atoms with van der Waals surface area (Å²) >= 11 is 0. The van der Waals surface area contributed by atoms with Crippen molar-refractivity contribution in [2.75, 3.05) is 24.7 Å². The Morgan fingerprint density at radius 2 is 2.09 bits per heavy atom. The fraction of sp³-hybridized carbons (Fsp3) is 0.833. The summed E-state index contributed by atoms with van der Waals surface area (Å²) in [5, 5.41) is 8.39. The van der Waals surface area contributed by atoms with Crippen LogP contribution < -0.4 is 0 Å². The van der Waals surface area contributed by atoms with Gasteiger partial charge in [0.25, 0.3) is 0 Å². The molecule has 0 saturated heterocycles. The summed E-state index contributed by atoms with van der Waals surface area (Å²) in [7, 11) is 3.18. The Balaban J connectivity index is 2.85. The molecule has 0 aromatic carbocycles. The highest BCUT2D eigenvalue weighted by Crippen LogP contribution is 2.19. The van der Waals surface area contributed by atoms with Gasteiger partial charge >= 0.3 is 5.97 Å². The number of hydrogen-bond acceptors (Lipinski definition) is 5. The van der Waals surface area contributed by atoms with E-state index in [-0.39, 0.29) is 12.6 Å². The smallest absolute Gasteiger partial charge is 0.302 e. The summed E-state index contributed by atoms with van der Waals surface area (Å²) in [6.07, 6.45) is 0. The maximum Gasteiger partial charge on any atom is 0.302 e. The zero-order chi connectivity index (χ0) is 8.53. The Morgan fingerprint density at radius 3 is 2.64 bits per heavy atom. The molecule has 0 aromatic rings. The predicted octanol–water partition coefficient (Wildman–Crippen LogP) is 0.923. The van der Waals surface area contributed by atoms with Crippen molar-refractivity contribution in [3.8, 4) is 0 Å². The molecule has 0 aliphatic rings. The van der Waals surface area contributed by atoms with Gasteiger partial charge < -0.3 is 9.84 Å². The van der Waals surface area contributed by atoms with Crippen molar-refractivity contribution >= 4 is 27.6 Å². The van der Waals surface area contributed by atoms with E-state index in [0.717, 1.165) is 11.5 Å². The number of carbonyl (C=O) groups is 1. The van der Waals surface area contributed by atoms with E-state index in [0.29, 0.717) is 6.61 Å². The van der Waals surface area contributed by atoms with E-state index < -0.39 is 0 Å². The van der Waals surface area contributed by atoms with Gasteiger partial charge in [-0.15, -0.1) is 0 Å². The molecule has 0 fully saturated rings. The molecule has 0 atom stereocenters. The molecule has 0 spiro atoms. The number of aliphatic hydroxyl groups excluding tert-OH is 1. The molecule has 0 rings (SSSR count). The minimum Gasteiger partial charge on any atom is -0.465 e. The predicted molar refractivity (Wildman–Crippen MR) is 48.6 cm³/mol. The van der Waals surface area contributed by atoms with Crippen molar-refractivity contribution in [3.63, 3.8) is 0 Å². The van der Waals surface area contributed by atoms with E-state index in [2.05, 4.69) is 4.74 Å². The van der Waals surface area contributed by atoms with Crippen LogP contribution in [0.3, 0.4) is 0 Å². The molecule has 0 aliphatic carbocycles. The van der Waals surface area contributed by atoms with Crippen molar-refractivity contribution in [3.05, 3.63) is 0 Å². The average Bonchev–Trinajstić information content (AvgIpc) is 1.96. The second-order valence-corrected chi connectivity index (χ2v) is 4.41. The van der Waals surface area contributed by atoms with Gasteiger partial charge in [-0.1, -0.05) is 21.6 Å². The van der Waals surface area contributed by atoms with E-state index in [1.807, 2.05) is 0 Å². The topological polar surface area (TPSA) is 46.5 Å². The molecular formula is C6H12O3S2. The SMILES string of the molecule is CC(=O)OCCSSCCO. The second-order valence-electron chi connectivity index (χ2n) is 1.71. The molecule has 5 heteroatoms. The fourth-order valence-electron chi connectivity index (χ4n) is 0.375. The number of hydrogen-bond donors (Lipinski definition) is 1. The highest BCUT2D eigenvalue weighted by molar-refractivity contribution is 8.76. The highest BCUT2D eigenvalue weighted by Gasteiger charge is 1.92. The second kappa shape index (κ2) is 8.23. The summed E-state index contributed by atoms with van der Waals surface area (Å²) in [4.78, 5) is 10.3. The van der Waals surface area contributed by atoms with Crippen LogP contribution in [0.1, 0.15) is 6.92 Å². The zero-order valence-electron chi connectivity index (χ0n) is 6.41. The van der Waals surface area contributed by atoms with Gasteiger partial charge in [-0.05, 0) is 0 Å². The first-order chi connectivity index (χ1) is 5.27. The van der Waals surface area contributed by atoms with Crippen LogP contribution in [0, 0.1) is 0 Å². The Kier molecular flexibility index (Phi) is 8.33. The van der Waals surface area contributed by atoms with Crippen molar-refractivity contribution in [2.45, 2.75) is 6.92 Å². The van der Waals surface area contributed by atoms with Crippen LogP contribution in [0.5, 0.6) is 0 Å². The molecule has 1 N–H and O–H groups in total. The minimum atomic E-state index is -0.238. The lowest BCUT2D eigenvalue weighted by molar-refractivity contribution is -0.140. The van der Waals surface area contributed by atoms with Crippen molar-refractivity contribution < 1.29 is 14.6 Å². The van der Waals surface area contributed by atoms with Gasteiger partial charge in [0.2, 0.25) is 0 Å². The van der Waals surface area contributed by atoms with E-state index in [1.54, 1.807) is 21.6 Å². The third-order valence-electron chi connectivity index (χ3n) is 0.730. The Hall–Kier alpha value is 0.130. The van der Waals surface area contributed by atoms with Gasteiger partial charge in [0, 0.05) is 18.4 Å². The van der Waals surface area contributed by atoms with E-state index >= 15 is 0 Å². The maximum atomic E-state index is 10.3. The third-order valence-corrected chi connectivity index (χ3v) is 3.08. The summed E-state index contributed by atoms with van der Waals surface area (Å²) in [6, 6.07) is 0. The first kappa shape index (κ1) is 11.1. The number of ether oxygens (including phenoxy) is 1. The summed E-state index contributed by atoms with van der Waals surface area (Å²) in [5.74, 6) is 1.27. The van der Waals surface area contributed by atoms with E-state index in [4.69, 9.17) is 5.11 Å². The molecule has 0 heterocycles. The first-order valence-electron chi connectivity index (χ1n) is 3.26. The standard InChI is InChI=1S/C6H12O3S2/c1-6(8)9-3-5-11-10-4-2-7/h7H,2-5H2,1H3. The number of esters is 1. The van der Waals surface area contributed by atoms with Gasteiger partial charge in [0.05, 0.1) is 6.61 Å². The van der Waals surface area contributed by atoms with Gasteiger partial charge in [-0.25, -0.2) is 0 Å². The number of rotatable bonds is 6. The van der Waals surface area contributed by atoms with Crippen LogP contribution in [0.25, 0.3) is 0 Å². The average molecular weight is 196 g/mol. The number of aliphatic hydroxyl groups is 1. The molecule has 0 saturated carbocycles. The molecule has 11 heavy (non-hydrogen) atoms. The maximum absolute atomic E-state index is 10.3. The van der Waals surface area contributed by atoms with Crippen LogP contribution >= 0.6 is 21.6 Å². The third kappa shape index (κ3) is 10.1. The number of carbonyl (C=O) groups excluding carboxylic acids is 1. The molecular weight excluding hydrogens is 184 g/mol. The molecule has 0 amide bonds. The Bertz CT molecular complexity index is 108. The van der Waals surface area contributed by atoms with Crippen LogP contribution in [0.15, 0.2) is 0 Å². The monoisotopic (exact) mass is 196 g/mol. The van der Waals surface area contributed by atoms with Crippen molar-refractivity contribution in [1.29, 1.82) is 0 Å². The van der Waals surface area contributed by atoms with Crippen LogP contribution in [0.4, 0.5) is 0 Å². The molecule has 0 radical (unpaired) electrons. The molecule has 3 nitrogen and oxygen atoms in total. The van der Waals surface area contributed by atoms with Gasteiger partial charge in [0.1, 0.15) is 6.61 Å². The zero-order valence-corrected chi connectivity index (χ0v) is 8.04. The lowest BCUT2D eigenvalue weighted by atomic mass is 10.8. The van der Waals surface area contributed by atoms with Gasteiger partial charge in [0.15, 0.2) is 0 Å².